The summed E-state index contributed by atoms with van der Waals surface area (Å²) in [6, 6.07) is 4.29. The molecule has 0 bridgehead atoms. The molecule has 110 valence electrons. The van der Waals surface area contributed by atoms with E-state index in [0.29, 0.717) is 17.4 Å². The molecule has 2 aromatic rings. The molecule has 21 heavy (non-hydrogen) atoms. The molecule has 0 radical (unpaired) electrons. The quantitative estimate of drug-likeness (QED) is 0.658. The molecule has 1 N–H and O–H groups in total. The van der Waals surface area contributed by atoms with Gasteiger partial charge in [0.2, 0.25) is 5.91 Å². The van der Waals surface area contributed by atoms with Crippen LogP contribution in [0.25, 0.3) is 0 Å². The van der Waals surface area contributed by atoms with E-state index in [1.54, 1.807) is 23.0 Å². The second kappa shape index (κ2) is 7.03. The van der Waals surface area contributed by atoms with Gasteiger partial charge in [-0.15, -0.1) is 16.8 Å². The third kappa shape index (κ3) is 4.16. The van der Waals surface area contributed by atoms with Crippen LogP contribution in [0.2, 0.25) is 0 Å². The van der Waals surface area contributed by atoms with Crippen molar-refractivity contribution in [1.29, 1.82) is 0 Å². The number of benzene rings is 1. The number of aromatic nitrogens is 3. The fraction of sp³-hybridized carbons (Fsp3) is 0.214. The number of nitrogens with zero attached hydrogens (tertiary/aromatic N) is 3. The molecule has 1 aromatic carbocycles. The zero-order valence-corrected chi connectivity index (χ0v) is 12.4. The molecule has 0 saturated carbocycles. The lowest BCUT2D eigenvalue weighted by molar-refractivity contribution is -0.113. The number of nitrogens with one attached hydrogen (secondary N) is 1. The molecular formula is C14H15FN4OS. The lowest BCUT2D eigenvalue weighted by Crippen LogP contribution is -2.15. The number of hydrogen-bond donors (Lipinski definition) is 1. The van der Waals surface area contributed by atoms with Crippen LogP contribution in [0.1, 0.15) is 5.56 Å². The van der Waals surface area contributed by atoms with E-state index >= 15 is 0 Å². The molecule has 1 aromatic heterocycles. The van der Waals surface area contributed by atoms with Crippen molar-refractivity contribution in [1.82, 2.24) is 14.8 Å². The first-order valence-corrected chi connectivity index (χ1v) is 7.26. The number of anilines is 1. The summed E-state index contributed by atoms with van der Waals surface area (Å²) in [5.41, 5.74) is 1.29. The minimum Gasteiger partial charge on any atom is -0.325 e. The topological polar surface area (TPSA) is 59.8 Å². The van der Waals surface area contributed by atoms with Gasteiger partial charge in [0.1, 0.15) is 12.1 Å². The van der Waals surface area contributed by atoms with Gasteiger partial charge in [0.15, 0.2) is 5.16 Å². The van der Waals surface area contributed by atoms with Crippen LogP contribution in [0.5, 0.6) is 0 Å². The summed E-state index contributed by atoms with van der Waals surface area (Å²) in [5.74, 6) is -0.428. The molecule has 0 aliphatic heterocycles. The molecule has 0 unspecified atom stereocenters. The Morgan fingerprint density at radius 1 is 1.57 bits per heavy atom. The monoisotopic (exact) mass is 306 g/mol. The summed E-state index contributed by atoms with van der Waals surface area (Å²) < 4.78 is 14.9. The van der Waals surface area contributed by atoms with Gasteiger partial charge in [-0.05, 0) is 24.6 Å². The Kier molecular flexibility index (Phi) is 5.10. The molecule has 7 heteroatoms. The molecule has 0 atom stereocenters. The molecular weight excluding hydrogens is 291 g/mol. The Hall–Kier alpha value is -2.15. The molecule has 0 saturated heterocycles. The van der Waals surface area contributed by atoms with Crippen LogP contribution in [0.4, 0.5) is 10.1 Å². The second-order valence-corrected chi connectivity index (χ2v) is 5.29. The van der Waals surface area contributed by atoms with Crippen LogP contribution >= 0.6 is 11.8 Å². The molecule has 2 rings (SSSR count). The van der Waals surface area contributed by atoms with Gasteiger partial charge in [-0.2, -0.15) is 0 Å². The number of allylic oxidation sites excluding steroid dienone is 1. The maximum absolute atomic E-state index is 13.2. The van der Waals surface area contributed by atoms with Gasteiger partial charge >= 0.3 is 0 Å². The fourth-order valence-electron chi connectivity index (χ4n) is 1.67. The van der Waals surface area contributed by atoms with Crippen molar-refractivity contribution in [2.75, 3.05) is 11.1 Å². The maximum Gasteiger partial charge on any atom is 0.234 e. The first-order valence-electron chi connectivity index (χ1n) is 6.27. The van der Waals surface area contributed by atoms with Crippen LogP contribution in [-0.2, 0) is 11.3 Å². The number of rotatable bonds is 6. The Bertz CT molecular complexity index is 656. The highest BCUT2D eigenvalue weighted by Crippen LogP contribution is 2.18. The van der Waals surface area contributed by atoms with Crippen molar-refractivity contribution >= 4 is 23.4 Å². The number of hydrogen-bond acceptors (Lipinski definition) is 4. The summed E-state index contributed by atoms with van der Waals surface area (Å²) in [7, 11) is 0. The van der Waals surface area contributed by atoms with Crippen LogP contribution in [0.15, 0.2) is 42.3 Å². The van der Waals surface area contributed by atoms with E-state index < -0.39 is 0 Å². The SMILES string of the molecule is C=CCn1cnnc1SCC(=O)Nc1cc(F)ccc1C. The van der Waals surface area contributed by atoms with Gasteiger partial charge in [-0.3, -0.25) is 4.79 Å². The smallest absolute Gasteiger partial charge is 0.234 e. The van der Waals surface area contributed by atoms with Gasteiger partial charge in [-0.1, -0.05) is 23.9 Å². The zero-order valence-electron chi connectivity index (χ0n) is 11.5. The Morgan fingerprint density at radius 2 is 2.38 bits per heavy atom. The minimum atomic E-state index is -0.380. The summed E-state index contributed by atoms with van der Waals surface area (Å²) in [4.78, 5) is 11.9. The van der Waals surface area contributed by atoms with E-state index in [4.69, 9.17) is 0 Å². The molecule has 1 amide bonds. The highest BCUT2D eigenvalue weighted by Gasteiger charge is 2.10. The first-order chi connectivity index (χ1) is 10.1. The van der Waals surface area contributed by atoms with Gasteiger partial charge in [-0.25, -0.2) is 4.39 Å². The first kappa shape index (κ1) is 15.2. The largest absolute Gasteiger partial charge is 0.325 e. The predicted molar refractivity (Wildman–Crippen MR) is 80.7 cm³/mol. The maximum atomic E-state index is 13.2. The molecule has 0 aliphatic carbocycles. The molecule has 1 heterocycles. The Balaban J connectivity index is 1.94. The lowest BCUT2D eigenvalue weighted by Gasteiger charge is -2.08. The highest BCUT2D eigenvalue weighted by molar-refractivity contribution is 7.99. The number of halogens is 1. The predicted octanol–water partition coefficient (Wildman–Crippen LogP) is 2.64. The summed E-state index contributed by atoms with van der Waals surface area (Å²) in [6.45, 7) is 6.04. The van der Waals surface area contributed by atoms with E-state index in [9.17, 15) is 9.18 Å². The number of aryl methyl sites for hydroxylation is 1. The standard InChI is InChI=1S/C14H15FN4OS/c1-3-6-19-9-16-18-14(19)21-8-13(20)17-12-7-11(15)5-4-10(12)2/h3-5,7,9H,1,6,8H2,2H3,(H,17,20). The Labute approximate surface area is 126 Å². The normalized spacial score (nSPS) is 10.4. The van der Waals surface area contributed by atoms with Crippen molar-refractivity contribution in [2.24, 2.45) is 0 Å². The fourth-order valence-corrected chi connectivity index (χ4v) is 2.39. The summed E-state index contributed by atoms with van der Waals surface area (Å²) in [5, 5.41) is 11.1. The molecule has 0 fully saturated rings. The van der Waals surface area contributed by atoms with Crippen LogP contribution in [0.3, 0.4) is 0 Å². The number of carbonyl (C=O) groups is 1. The van der Waals surface area contributed by atoms with E-state index in [0.717, 1.165) is 5.56 Å². The van der Waals surface area contributed by atoms with Gasteiger partial charge in [0, 0.05) is 12.2 Å². The third-order valence-electron chi connectivity index (χ3n) is 2.71. The second-order valence-electron chi connectivity index (χ2n) is 4.35. The molecule has 5 nitrogen and oxygen atoms in total. The average molecular weight is 306 g/mol. The number of carbonyl (C=O) groups excluding carboxylic acids is 1. The van der Waals surface area contributed by atoms with Crippen LogP contribution < -0.4 is 5.32 Å². The van der Waals surface area contributed by atoms with E-state index in [1.807, 2.05) is 6.92 Å². The van der Waals surface area contributed by atoms with Crippen LogP contribution in [0, 0.1) is 12.7 Å². The summed E-state index contributed by atoms with van der Waals surface area (Å²) in [6.07, 6.45) is 3.31. The molecule has 0 aliphatic rings. The highest BCUT2D eigenvalue weighted by atomic mass is 32.2. The van der Waals surface area contributed by atoms with Crippen molar-refractivity contribution in [3.05, 3.63) is 48.6 Å². The lowest BCUT2D eigenvalue weighted by atomic mass is 10.2. The average Bonchev–Trinajstić information content (AvgIpc) is 2.88. The summed E-state index contributed by atoms with van der Waals surface area (Å²) >= 11 is 1.27. The Morgan fingerprint density at radius 3 is 3.14 bits per heavy atom. The number of amides is 1. The van der Waals surface area contributed by atoms with Gasteiger partial charge in [0.05, 0.1) is 5.75 Å². The van der Waals surface area contributed by atoms with Crippen molar-refractivity contribution < 1.29 is 9.18 Å². The van der Waals surface area contributed by atoms with Gasteiger partial charge in [0.25, 0.3) is 0 Å². The van der Waals surface area contributed by atoms with Crippen LogP contribution in [-0.4, -0.2) is 26.4 Å². The van der Waals surface area contributed by atoms with Crippen molar-refractivity contribution in [3.8, 4) is 0 Å². The third-order valence-corrected chi connectivity index (χ3v) is 3.69. The molecule has 0 spiro atoms. The zero-order chi connectivity index (χ0) is 15.2. The van der Waals surface area contributed by atoms with E-state index in [1.165, 1.54) is 23.9 Å². The van der Waals surface area contributed by atoms with Crippen molar-refractivity contribution in [3.63, 3.8) is 0 Å². The minimum absolute atomic E-state index is 0.172. The van der Waals surface area contributed by atoms with Crippen molar-refractivity contribution in [2.45, 2.75) is 18.6 Å². The number of thioether (sulfide) groups is 1. The van der Waals surface area contributed by atoms with E-state index in [-0.39, 0.29) is 17.5 Å². The van der Waals surface area contributed by atoms with Gasteiger partial charge < -0.3 is 9.88 Å². The van der Waals surface area contributed by atoms with E-state index in [2.05, 4.69) is 22.1 Å².